The molecular formula is C23H38OP+. The van der Waals surface area contributed by atoms with Gasteiger partial charge in [-0.1, -0.05) is 6.92 Å². The van der Waals surface area contributed by atoms with E-state index in [4.69, 9.17) is 0 Å². The van der Waals surface area contributed by atoms with E-state index >= 15 is 0 Å². The minimum Gasteiger partial charge on any atom is -0.251 e. The van der Waals surface area contributed by atoms with E-state index in [0.29, 0.717) is 10.3 Å². The van der Waals surface area contributed by atoms with Gasteiger partial charge in [0.1, 0.15) is 10.3 Å². The van der Waals surface area contributed by atoms with Crippen LogP contribution < -0.4 is 0 Å². The lowest BCUT2D eigenvalue weighted by molar-refractivity contribution is 0.00891. The van der Waals surface area contributed by atoms with E-state index in [-0.39, 0.29) is 0 Å². The van der Waals surface area contributed by atoms with Crippen LogP contribution >= 0.6 is 7.49 Å². The van der Waals surface area contributed by atoms with Gasteiger partial charge in [0.15, 0.2) is 7.49 Å². The fourth-order valence-corrected chi connectivity index (χ4v) is 16.3. The quantitative estimate of drug-likeness (QED) is 0.586. The second-order valence-corrected chi connectivity index (χ2v) is 15.7. The predicted octanol–water partition coefficient (Wildman–Crippen LogP) is 6.26. The maximum atomic E-state index is 12.9. The highest BCUT2D eigenvalue weighted by Crippen LogP contribution is 2.87. The van der Waals surface area contributed by atoms with Gasteiger partial charge in [-0.05, 0) is 119 Å². The molecule has 1 nitrogen and oxygen atoms in total. The molecule has 0 aromatic rings. The average molecular weight is 362 g/mol. The average Bonchev–Trinajstić information content (AvgIpc) is 2.52. The van der Waals surface area contributed by atoms with Crippen molar-refractivity contribution in [2.24, 2.45) is 35.5 Å². The Morgan fingerprint density at radius 1 is 0.640 bits per heavy atom. The SMILES string of the molecule is CCC[P+](O)(C12CC3CC(CC(C3)C1)C2)C12CC3CC(CC(C3)C1)C2. The Bertz CT molecular complexity index is 452. The third-order valence-corrected chi connectivity index (χ3v) is 15.5. The summed E-state index contributed by atoms with van der Waals surface area (Å²) in [5.41, 5.74) is 0. The number of rotatable bonds is 4. The summed E-state index contributed by atoms with van der Waals surface area (Å²) in [5.74, 6) is 5.94. The molecule has 8 fully saturated rings. The Hall–Kier alpha value is 0.390. The number of hydrogen-bond donors (Lipinski definition) is 1. The molecule has 0 aromatic carbocycles. The fourth-order valence-electron chi connectivity index (χ4n) is 10.3. The van der Waals surface area contributed by atoms with E-state index in [0.717, 1.165) is 35.5 Å². The van der Waals surface area contributed by atoms with E-state index in [1.165, 1.54) is 89.6 Å². The predicted molar refractivity (Wildman–Crippen MR) is 106 cm³/mol. The minimum atomic E-state index is -1.87. The Labute approximate surface area is 155 Å². The van der Waals surface area contributed by atoms with Crippen LogP contribution in [0.5, 0.6) is 0 Å². The topological polar surface area (TPSA) is 20.2 Å². The molecular weight excluding hydrogens is 323 g/mol. The first-order valence-electron chi connectivity index (χ1n) is 11.6. The van der Waals surface area contributed by atoms with Crippen molar-refractivity contribution in [2.75, 3.05) is 6.16 Å². The van der Waals surface area contributed by atoms with Gasteiger partial charge in [0.05, 0.1) is 6.16 Å². The van der Waals surface area contributed by atoms with Gasteiger partial charge in [-0.15, -0.1) is 0 Å². The van der Waals surface area contributed by atoms with Crippen molar-refractivity contribution in [3.8, 4) is 0 Å². The molecule has 0 amide bonds. The van der Waals surface area contributed by atoms with Crippen LogP contribution in [0, 0.1) is 35.5 Å². The summed E-state index contributed by atoms with van der Waals surface area (Å²) in [4.78, 5) is 12.9. The standard InChI is InChI=1S/C23H38OP/c1-2-3-25(24,22-10-16-4-17(11-22)6-18(5-16)12-22)23-13-19-7-20(14-23)9-21(8-19)15-23/h16-21,24H,2-15H2,1H3/q+1. The van der Waals surface area contributed by atoms with Crippen molar-refractivity contribution in [1.82, 2.24) is 0 Å². The van der Waals surface area contributed by atoms with Gasteiger partial charge in [0.25, 0.3) is 0 Å². The molecule has 0 aromatic heterocycles. The lowest BCUT2D eigenvalue weighted by atomic mass is 9.55. The number of hydrogen-bond acceptors (Lipinski definition) is 1. The second kappa shape index (κ2) is 5.26. The Balaban J connectivity index is 1.44. The van der Waals surface area contributed by atoms with Gasteiger partial charge in [-0.2, -0.15) is 0 Å². The molecule has 0 atom stereocenters. The lowest BCUT2D eigenvalue weighted by Gasteiger charge is -2.65. The van der Waals surface area contributed by atoms with Crippen LogP contribution in [-0.4, -0.2) is 21.4 Å². The van der Waals surface area contributed by atoms with Crippen molar-refractivity contribution in [3.05, 3.63) is 0 Å². The van der Waals surface area contributed by atoms with Gasteiger partial charge in [0.2, 0.25) is 0 Å². The summed E-state index contributed by atoms with van der Waals surface area (Å²) in [7, 11) is -1.87. The Kier molecular flexibility index (Phi) is 3.44. The summed E-state index contributed by atoms with van der Waals surface area (Å²) >= 11 is 0. The van der Waals surface area contributed by atoms with Gasteiger partial charge >= 0.3 is 0 Å². The van der Waals surface area contributed by atoms with Crippen molar-refractivity contribution in [1.29, 1.82) is 0 Å². The summed E-state index contributed by atoms with van der Waals surface area (Å²) in [6, 6.07) is 0. The molecule has 8 aliphatic carbocycles. The highest BCUT2D eigenvalue weighted by atomic mass is 31.2. The zero-order valence-electron chi connectivity index (χ0n) is 16.3. The molecule has 0 aliphatic heterocycles. The first-order valence-corrected chi connectivity index (χ1v) is 13.6. The molecule has 8 rings (SSSR count). The van der Waals surface area contributed by atoms with E-state index < -0.39 is 7.49 Å². The van der Waals surface area contributed by atoms with Crippen molar-refractivity contribution in [3.63, 3.8) is 0 Å². The molecule has 140 valence electrons. The van der Waals surface area contributed by atoms with Crippen molar-refractivity contribution in [2.45, 2.75) is 101 Å². The molecule has 0 heterocycles. The molecule has 0 saturated heterocycles. The highest BCUT2D eigenvalue weighted by molar-refractivity contribution is 7.73. The third-order valence-electron chi connectivity index (χ3n) is 10.1. The van der Waals surface area contributed by atoms with Gasteiger partial charge in [0, 0.05) is 0 Å². The Morgan fingerprint density at radius 3 is 1.16 bits per heavy atom. The first-order chi connectivity index (χ1) is 12.0. The van der Waals surface area contributed by atoms with E-state index in [9.17, 15) is 4.89 Å². The third kappa shape index (κ3) is 2.10. The highest BCUT2D eigenvalue weighted by Gasteiger charge is 2.75. The zero-order valence-corrected chi connectivity index (χ0v) is 17.2. The summed E-state index contributed by atoms with van der Waals surface area (Å²) < 4.78 is 0. The molecule has 1 N–H and O–H groups in total. The zero-order chi connectivity index (χ0) is 16.9. The molecule has 0 radical (unpaired) electrons. The maximum absolute atomic E-state index is 12.9. The van der Waals surface area contributed by atoms with Crippen LogP contribution in [0.1, 0.15) is 90.4 Å². The van der Waals surface area contributed by atoms with Crippen LogP contribution in [0.2, 0.25) is 0 Å². The van der Waals surface area contributed by atoms with Gasteiger partial charge < -0.3 is 0 Å². The molecule has 25 heavy (non-hydrogen) atoms. The van der Waals surface area contributed by atoms with E-state index in [2.05, 4.69) is 6.92 Å². The summed E-state index contributed by atoms with van der Waals surface area (Å²) in [5, 5.41) is 0.840. The summed E-state index contributed by atoms with van der Waals surface area (Å²) in [6.07, 6.45) is 20.2. The first kappa shape index (κ1) is 16.4. The van der Waals surface area contributed by atoms with Crippen molar-refractivity contribution >= 4 is 7.49 Å². The molecule has 2 heteroatoms. The molecule has 8 bridgehead atoms. The minimum absolute atomic E-state index is 0.420. The molecule has 0 unspecified atom stereocenters. The van der Waals surface area contributed by atoms with Crippen LogP contribution in [0.25, 0.3) is 0 Å². The maximum Gasteiger partial charge on any atom is 0.153 e. The molecule has 8 saturated carbocycles. The van der Waals surface area contributed by atoms with Crippen LogP contribution in [0.3, 0.4) is 0 Å². The molecule has 8 aliphatic rings. The van der Waals surface area contributed by atoms with Crippen molar-refractivity contribution < 1.29 is 4.89 Å². The van der Waals surface area contributed by atoms with Gasteiger partial charge in [-0.25, -0.2) is 0 Å². The molecule has 0 spiro atoms. The van der Waals surface area contributed by atoms with Crippen LogP contribution in [0.15, 0.2) is 0 Å². The van der Waals surface area contributed by atoms with Crippen LogP contribution in [0.4, 0.5) is 0 Å². The van der Waals surface area contributed by atoms with E-state index in [1.807, 2.05) is 0 Å². The smallest absolute Gasteiger partial charge is 0.153 e. The van der Waals surface area contributed by atoms with Gasteiger partial charge in [-0.3, -0.25) is 4.89 Å². The monoisotopic (exact) mass is 361 g/mol. The second-order valence-electron chi connectivity index (χ2n) is 11.8. The van der Waals surface area contributed by atoms with E-state index in [1.54, 1.807) is 0 Å². The Morgan fingerprint density at radius 2 is 0.920 bits per heavy atom. The van der Waals surface area contributed by atoms with Crippen LogP contribution in [-0.2, 0) is 0 Å². The largest absolute Gasteiger partial charge is 0.251 e. The lowest BCUT2D eigenvalue weighted by Crippen LogP contribution is -2.60. The summed E-state index contributed by atoms with van der Waals surface area (Å²) in [6.45, 7) is 2.37. The fraction of sp³-hybridized carbons (Fsp3) is 1.00. The normalized spacial score (nSPS) is 57.8.